The van der Waals surface area contributed by atoms with Gasteiger partial charge in [-0.05, 0) is 11.6 Å². The van der Waals surface area contributed by atoms with Gasteiger partial charge in [0.25, 0.3) is 0 Å². The fourth-order valence-corrected chi connectivity index (χ4v) is 5.02. The van der Waals surface area contributed by atoms with Gasteiger partial charge in [-0.3, -0.25) is 0 Å². The fraction of sp³-hybridized carbons (Fsp3) is 0.545. The molecule has 100 valence electrons. The first kappa shape index (κ1) is 14.1. The van der Waals surface area contributed by atoms with E-state index in [2.05, 4.69) is 20.9 Å². The number of aromatic nitrogens is 1. The molecule has 1 fully saturated rings. The van der Waals surface area contributed by atoms with Crippen LogP contribution in [0.5, 0.6) is 0 Å². The summed E-state index contributed by atoms with van der Waals surface area (Å²) in [5, 5.41) is 0.296. The Balaban J connectivity index is 2.28. The molecule has 1 atom stereocenters. The predicted octanol–water partition coefficient (Wildman–Crippen LogP) is 1.90. The Morgan fingerprint density at radius 2 is 2.33 bits per heavy atom. The highest BCUT2D eigenvalue weighted by molar-refractivity contribution is 9.08. The van der Waals surface area contributed by atoms with Gasteiger partial charge >= 0.3 is 0 Å². The number of pyridine rings is 1. The number of halogens is 1. The number of thioether (sulfide) groups is 1. The molecule has 2 rings (SSSR count). The van der Waals surface area contributed by atoms with Crippen LogP contribution >= 0.6 is 27.7 Å². The van der Waals surface area contributed by atoms with Crippen LogP contribution < -0.4 is 4.90 Å². The molecule has 1 aromatic heterocycles. The molecular weight excluding hydrogens is 336 g/mol. The average molecular weight is 351 g/mol. The van der Waals surface area contributed by atoms with Gasteiger partial charge in [-0.2, -0.15) is 11.8 Å². The minimum Gasteiger partial charge on any atom is -0.338 e. The van der Waals surface area contributed by atoms with Gasteiger partial charge < -0.3 is 4.90 Å². The maximum atomic E-state index is 11.8. The van der Waals surface area contributed by atoms with Gasteiger partial charge in [-0.25, -0.2) is 13.4 Å². The first-order valence-corrected chi connectivity index (χ1v) is 9.79. The SMILES string of the molecule is CS(=O)(=O)C1CSCCN1c1ccc(CBr)cn1. The van der Waals surface area contributed by atoms with Crippen LogP contribution in [0.4, 0.5) is 5.82 Å². The Morgan fingerprint density at radius 3 is 2.89 bits per heavy atom. The molecule has 1 unspecified atom stereocenters. The van der Waals surface area contributed by atoms with Crippen molar-refractivity contribution >= 4 is 43.3 Å². The molecule has 1 aliphatic heterocycles. The van der Waals surface area contributed by atoms with E-state index in [1.54, 1.807) is 18.0 Å². The van der Waals surface area contributed by atoms with E-state index < -0.39 is 15.2 Å². The van der Waals surface area contributed by atoms with Crippen molar-refractivity contribution in [1.29, 1.82) is 0 Å². The highest BCUT2D eigenvalue weighted by Gasteiger charge is 2.31. The molecule has 0 spiro atoms. The van der Waals surface area contributed by atoms with Gasteiger partial charge in [-0.15, -0.1) is 0 Å². The van der Waals surface area contributed by atoms with E-state index in [-0.39, 0.29) is 0 Å². The number of hydrogen-bond acceptors (Lipinski definition) is 5. The van der Waals surface area contributed by atoms with Crippen LogP contribution in [0, 0.1) is 0 Å². The topological polar surface area (TPSA) is 50.3 Å². The normalized spacial score (nSPS) is 21.0. The van der Waals surface area contributed by atoms with E-state index in [0.29, 0.717) is 5.75 Å². The molecule has 1 saturated heterocycles. The monoisotopic (exact) mass is 350 g/mol. The summed E-state index contributed by atoms with van der Waals surface area (Å²) in [5.41, 5.74) is 1.08. The number of alkyl halides is 1. The lowest BCUT2D eigenvalue weighted by Gasteiger charge is -2.34. The van der Waals surface area contributed by atoms with Gasteiger partial charge in [0, 0.05) is 35.8 Å². The molecule has 4 nitrogen and oxygen atoms in total. The second-order valence-corrected chi connectivity index (χ2v) is 8.12. The molecule has 0 radical (unpaired) electrons. The van der Waals surface area contributed by atoms with Crippen molar-refractivity contribution in [2.24, 2.45) is 0 Å². The highest BCUT2D eigenvalue weighted by Crippen LogP contribution is 2.25. The summed E-state index contributed by atoms with van der Waals surface area (Å²) in [6, 6.07) is 3.86. The van der Waals surface area contributed by atoms with Crippen LogP contribution in [0.25, 0.3) is 0 Å². The molecular formula is C11H15BrN2O2S2. The molecule has 18 heavy (non-hydrogen) atoms. The Bertz CT molecular complexity index is 504. The van der Waals surface area contributed by atoms with Crippen molar-refractivity contribution in [3.63, 3.8) is 0 Å². The third-order valence-electron chi connectivity index (χ3n) is 2.84. The van der Waals surface area contributed by atoms with E-state index in [1.165, 1.54) is 6.26 Å². The van der Waals surface area contributed by atoms with Crippen molar-refractivity contribution in [1.82, 2.24) is 4.98 Å². The minimum absolute atomic E-state index is 0.460. The van der Waals surface area contributed by atoms with Gasteiger partial charge in [0.15, 0.2) is 9.84 Å². The number of hydrogen-bond donors (Lipinski definition) is 0. The molecule has 0 amide bonds. The third kappa shape index (κ3) is 3.19. The van der Waals surface area contributed by atoms with Gasteiger partial charge in [-0.1, -0.05) is 22.0 Å². The van der Waals surface area contributed by atoms with Gasteiger partial charge in [0.05, 0.1) is 0 Å². The molecule has 0 aliphatic carbocycles. The van der Waals surface area contributed by atoms with Gasteiger partial charge in [0.2, 0.25) is 0 Å². The van der Waals surface area contributed by atoms with Crippen molar-refractivity contribution in [2.45, 2.75) is 10.7 Å². The lowest BCUT2D eigenvalue weighted by Crippen LogP contribution is -2.47. The second kappa shape index (κ2) is 5.79. The van der Waals surface area contributed by atoms with Crippen LogP contribution in [0.2, 0.25) is 0 Å². The van der Waals surface area contributed by atoms with Crippen molar-refractivity contribution < 1.29 is 8.42 Å². The van der Waals surface area contributed by atoms with E-state index in [1.807, 2.05) is 17.0 Å². The fourth-order valence-electron chi connectivity index (χ4n) is 1.86. The summed E-state index contributed by atoms with van der Waals surface area (Å²) in [5.74, 6) is 2.30. The van der Waals surface area contributed by atoms with Crippen LogP contribution in [-0.2, 0) is 15.2 Å². The quantitative estimate of drug-likeness (QED) is 0.779. The number of sulfone groups is 1. The Hall–Kier alpha value is -0.270. The zero-order valence-electron chi connectivity index (χ0n) is 10.0. The first-order valence-electron chi connectivity index (χ1n) is 5.56. The Labute approximate surface area is 120 Å². The smallest absolute Gasteiger partial charge is 0.169 e. The predicted molar refractivity (Wildman–Crippen MR) is 80.2 cm³/mol. The molecule has 1 aromatic rings. The molecule has 7 heteroatoms. The summed E-state index contributed by atoms with van der Waals surface area (Å²) in [6.07, 6.45) is 3.08. The molecule has 0 aromatic carbocycles. The van der Waals surface area contributed by atoms with E-state index in [9.17, 15) is 8.42 Å². The highest BCUT2D eigenvalue weighted by atomic mass is 79.9. The summed E-state index contributed by atoms with van der Waals surface area (Å²) < 4.78 is 23.6. The largest absolute Gasteiger partial charge is 0.338 e. The van der Waals surface area contributed by atoms with Gasteiger partial charge in [0.1, 0.15) is 11.2 Å². The summed E-state index contributed by atoms with van der Waals surface area (Å²) in [7, 11) is -3.08. The standard InChI is InChI=1S/C11H15BrN2O2S2/c1-18(15,16)11-8-17-5-4-14(11)10-3-2-9(6-12)7-13-10/h2-3,7,11H,4-6,8H2,1H3. The van der Waals surface area contributed by atoms with Crippen molar-refractivity contribution in [3.8, 4) is 0 Å². The van der Waals surface area contributed by atoms with Crippen LogP contribution in [0.1, 0.15) is 5.56 Å². The zero-order valence-corrected chi connectivity index (χ0v) is 13.3. The van der Waals surface area contributed by atoms with Crippen LogP contribution in [0.3, 0.4) is 0 Å². The second-order valence-electron chi connectivity index (χ2n) is 4.21. The van der Waals surface area contributed by atoms with Crippen LogP contribution in [0.15, 0.2) is 18.3 Å². The molecule has 1 aliphatic rings. The number of nitrogens with zero attached hydrogens (tertiary/aromatic N) is 2. The molecule has 0 saturated carbocycles. The summed E-state index contributed by atoms with van der Waals surface area (Å²) in [4.78, 5) is 6.25. The molecule has 2 heterocycles. The summed E-state index contributed by atoms with van der Waals surface area (Å²) in [6.45, 7) is 0.725. The van der Waals surface area contributed by atoms with E-state index in [0.717, 1.165) is 29.0 Å². The van der Waals surface area contributed by atoms with Crippen molar-refractivity contribution in [2.75, 3.05) is 29.2 Å². The number of rotatable bonds is 3. The summed E-state index contributed by atoms with van der Waals surface area (Å²) >= 11 is 5.05. The van der Waals surface area contributed by atoms with Crippen molar-refractivity contribution in [3.05, 3.63) is 23.9 Å². The van der Waals surface area contributed by atoms with E-state index in [4.69, 9.17) is 0 Å². The Kier molecular flexibility index (Phi) is 4.55. The number of anilines is 1. The zero-order chi connectivity index (χ0) is 13.2. The van der Waals surface area contributed by atoms with E-state index >= 15 is 0 Å². The minimum atomic E-state index is -3.08. The Morgan fingerprint density at radius 1 is 1.56 bits per heavy atom. The lowest BCUT2D eigenvalue weighted by molar-refractivity contribution is 0.583. The third-order valence-corrected chi connectivity index (χ3v) is 6.13. The first-order chi connectivity index (χ1) is 8.52. The average Bonchev–Trinajstić information content (AvgIpc) is 2.38. The maximum absolute atomic E-state index is 11.8. The maximum Gasteiger partial charge on any atom is 0.169 e. The molecule has 0 bridgehead atoms. The van der Waals surface area contributed by atoms with Crippen LogP contribution in [-0.4, -0.2) is 43.1 Å². The molecule has 0 N–H and O–H groups in total. The lowest BCUT2D eigenvalue weighted by atomic mass is 10.3.